The normalized spacial score (nSPS) is 12.9. The zero-order valence-electron chi connectivity index (χ0n) is 13.7. The van der Waals surface area contributed by atoms with Gasteiger partial charge in [-0.05, 0) is 24.6 Å². The van der Waals surface area contributed by atoms with Gasteiger partial charge in [0.25, 0.3) is 5.69 Å². The van der Waals surface area contributed by atoms with Crippen LogP contribution in [0.1, 0.15) is 28.3 Å². The van der Waals surface area contributed by atoms with Gasteiger partial charge in [-0.2, -0.15) is 35.1 Å². The number of rotatable bonds is 4. The van der Waals surface area contributed by atoms with Crippen molar-refractivity contribution in [1.29, 1.82) is 0 Å². The third-order valence-electron chi connectivity index (χ3n) is 3.56. The Balaban J connectivity index is 2.54. The SMILES string of the molecule is Cc1cc(Cc2nc(C(F)(F)F)cc(C(F)(F)C(F)(F)F)n2)ccc1[N+](=O)[O-]. The highest BCUT2D eigenvalue weighted by molar-refractivity contribution is 5.42. The van der Waals surface area contributed by atoms with Gasteiger partial charge in [-0.1, -0.05) is 6.07 Å². The summed E-state index contributed by atoms with van der Waals surface area (Å²) >= 11 is 0. The number of aryl methyl sites for hydroxylation is 1. The zero-order chi connectivity index (χ0) is 21.5. The molecule has 0 spiro atoms. The van der Waals surface area contributed by atoms with Gasteiger partial charge in [0.15, 0.2) is 0 Å². The molecular weight excluding hydrogens is 406 g/mol. The smallest absolute Gasteiger partial charge is 0.258 e. The summed E-state index contributed by atoms with van der Waals surface area (Å²) in [5.41, 5.74) is -4.22. The van der Waals surface area contributed by atoms with Gasteiger partial charge in [0, 0.05) is 18.1 Å². The zero-order valence-corrected chi connectivity index (χ0v) is 13.7. The van der Waals surface area contributed by atoms with E-state index in [1.54, 1.807) is 0 Å². The molecule has 0 atom stereocenters. The van der Waals surface area contributed by atoms with E-state index in [-0.39, 0.29) is 16.8 Å². The van der Waals surface area contributed by atoms with Gasteiger partial charge in [-0.25, -0.2) is 9.97 Å². The molecule has 0 bridgehead atoms. The Labute approximate surface area is 151 Å². The molecule has 0 saturated heterocycles. The number of hydrogen-bond acceptors (Lipinski definition) is 4. The van der Waals surface area contributed by atoms with Crippen LogP contribution in [-0.4, -0.2) is 21.1 Å². The minimum Gasteiger partial charge on any atom is -0.258 e. The van der Waals surface area contributed by atoms with E-state index in [2.05, 4.69) is 9.97 Å². The molecule has 1 heterocycles. The molecule has 0 aliphatic carbocycles. The van der Waals surface area contributed by atoms with Gasteiger partial charge in [0.2, 0.25) is 0 Å². The number of nitrogens with zero attached hydrogens (tertiary/aromatic N) is 3. The average Bonchev–Trinajstić information content (AvgIpc) is 2.52. The van der Waals surface area contributed by atoms with Crippen molar-refractivity contribution in [2.45, 2.75) is 31.6 Å². The number of nitro groups is 1. The second-order valence-electron chi connectivity index (χ2n) is 5.68. The number of halogens is 8. The highest BCUT2D eigenvalue weighted by atomic mass is 19.4. The Bertz CT molecular complexity index is 909. The largest absolute Gasteiger partial charge is 0.459 e. The molecule has 0 radical (unpaired) electrons. The quantitative estimate of drug-likeness (QED) is 0.402. The molecule has 0 fully saturated rings. The van der Waals surface area contributed by atoms with Crippen LogP contribution in [0.25, 0.3) is 0 Å². The monoisotopic (exact) mass is 415 g/mol. The first kappa shape index (κ1) is 21.4. The van der Waals surface area contributed by atoms with Crippen LogP contribution in [0.2, 0.25) is 0 Å². The van der Waals surface area contributed by atoms with Crippen molar-refractivity contribution in [3.05, 3.63) is 62.7 Å². The molecule has 2 aromatic rings. The Kier molecular flexibility index (Phi) is 5.32. The van der Waals surface area contributed by atoms with Gasteiger partial charge in [-0.3, -0.25) is 10.1 Å². The maximum Gasteiger partial charge on any atom is 0.459 e. The number of nitro benzene ring substituents is 1. The predicted molar refractivity (Wildman–Crippen MR) is 77.6 cm³/mol. The third kappa shape index (κ3) is 4.34. The first-order valence-electron chi connectivity index (χ1n) is 7.27. The lowest BCUT2D eigenvalue weighted by Gasteiger charge is -2.20. The minimum atomic E-state index is -6.16. The highest BCUT2D eigenvalue weighted by Crippen LogP contribution is 2.44. The van der Waals surface area contributed by atoms with E-state index >= 15 is 0 Å². The van der Waals surface area contributed by atoms with Crippen LogP contribution in [0.3, 0.4) is 0 Å². The molecule has 152 valence electrons. The van der Waals surface area contributed by atoms with E-state index < -0.39 is 52.9 Å². The summed E-state index contributed by atoms with van der Waals surface area (Å²) in [6.07, 6.45) is -12.1. The van der Waals surface area contributed by atoms with Gasteiger partial charge in [0.05, 0.1) is 4.92 Å². The minimum absolute atomic E-state index is 0.0868. The van der Waals surface area contributed by atoms with Crippen LogP contribution < -0.4 is 0 Å². The van der Waals surface area contributed by atoms with E-state index in [9.17, 15) is 45.2 Å². The van der Waals surface area contributed by atoms with Crippen LogP contribution in [0.5, 0.6) is 0 Å². The summed E-state index contributed by atoms with van der Waals surface area (Å²) in [6.45, 7) is 1.32. The fraction of sp³-hybridized carbons (Fsp3) is 0.333. The fourth-order valence-corrected chi connectivity index (χ4v) is 2.24. The average molecular weight is 415 g/mol. The number of alkyl halides is 8. The lowest BCUT2D eigenvalue weighted by atomic mass is 10.1. The van der Waals surface area contributed by atoms with Gasteiger partial charge in [-0.15, -0.1) is 0 Å². The molecule has 0 aliphatic heterocycles. The second kappa shape index (κ2) is 6.95. The van der Waals surface area contributed by atoms with E-state index in [0.29, 0.717) is 0 Å². The van der Waals surface area contributed by atoms with Crippen molar-refractivity contribution in [2.24, 2.45) is 0 Å². The third-order valence-corrected chi connectivity index (χ3v) is 3.56. The highest BCUT2D eigenvalue weighted by Gasteiger charge is 2.60. The van der Waals surface area contributed by atoms with Crippen LogP contribution in [0.15, 0.2) is 24.3 Å². The summed E-state index contributed by atoms with van der Waals surface area (Å²) in [5, 5.41) is 10.8. The van der Waals surface area contributed by atoms with Crippen molar-refractivity contribution in [1.82, 2.24) is 9.97 Å². The molecule has 28 heavy (non-hydrogen) atoms. The van der Waals surface area contributed by atoms with Crippen molar-refractivity contribution < 1.29 is 40.0 Å². The lowest BCUT2D eigenvalue weighted by molar-refractivity contribution is -0.385. The standard InChI is InChI=1S/C15H9F8N3O2/c1-7-4-8(2-3-9(7)26(27)28)5-12-24-10(13(16,17)15(21,22)23)6-11(25-12)14(18,19)20/h2-4,6H,5H2,1H3. The van der Waals surface area contributed by atoms with Crippen molar-refractivity contribution in [3.63, 3.8) is 0 Å². The Hall–Kier alpha value is -2.86. The van der Waals surface area contributed by atoms with Gasteiger partial charge < -0.3 is 0 Å². The van der Waals surface area contributed by atoms with Crippen LogP contribution >= 0.6 is 0 Å². The number of aromatic nitrogens is 2. The summed E-state index contributed by atoms with van der Waals surface area (Å²) in [4.78, 5) is 16.0. The number of benzene rings is 1. The summed E-state index contributed by atoms with van der Waals surface area (Å²) in [7, 11) is 0. The molecule has 0 amide bonds. The summed E-state index contributed by atoms with van der Waals surface area (Å²) < 4.78 is 103. The van der Waals surface area contributed by atoms with E-state index in [0.717, 1.165) is 12.1 Å². The van der Waals surface area contributed by atoms with Crippen LogP contribution in [0, 0.1) is 17.0 Å². The van der Waals surface area contributed by atoms with Crippen molar-refractivity contribution in [3.8, 4) is 0 Å². The maximum absolute atomic E-state index is 13.5. The molecular formula is C15H9F8N3O2. The molecule has 0 aliphatic rings. The molecule has 1 aromatic heterocycles. The molecule has 13 heteroatoms. The topological polar surface area (TPSA) is 68.9 Å². The van der Waals surface area contributed by atoms with Crippen molar-refractivity contribution >= 4 is 5.69 Å². The molecule has 1 aromatic carbocycles. The Morgan fingerprint density at radius 3 is 2.00 bits per heavy atom. The van der Waals surface area contributed by atoms with Gasteiger partial charge >= 0.3 is 18.3 Å². The number of hydrogen-bond donors (Lipinski definition) is 0. The summed E-state index contributed by atoms with van der Waals surface area (Å²) in [6, 6.07) is 2.83. The van der Waals surface area contributed by atoms with E-state index in [1.165, 1.54) is 13.0 Å². The first-order chi connectivity index (χ1) is 12.6. The Morgan fingerprint density at radius 2 is 1.54 bits per heavy atom. The van der Waals surface area contributed by atoms with Crippen molar-refractivity contribution in [2.75, 3.05) is 0 Å². The van der Waals surface area contributed by atoms with E-state index in [1.807, 2.05) is 0 Å². The Morgan fingerprint density at radius 1 is 0.964 bits per heavy atom. The first-order valence-corrected chi connectivity index (χ1v) is 7.27. The van der Waals surface area contributed by atoms with Gasteiger partial charge in [0.1, 0.15) is 17.2 Å². The molecule has 5 nitrogen and oxygen atoms in total. The molecule has 0 unspecified atom stereocenters. The molecule has 2 rings (SSSR count). The second-order valence-corrected chi connectivity index (χ2v) is 5.68. The fourth-order valence-electron chi connectivity index (χ4n) is 2.24. The van der Waals surface area contributed by atoms with E-state index in [4.69, 9.17) is 0 Å². The summed E-state index contributed by atoms with van der Waals surface area (Å²) in [5.74, 6) is -6.57. The van der Waals surface area contributed by atoms with Crippen LogP contribution in [0.4, 0.5) is 40.8 Å². The molecule has 0 N–H and O–H groups in total. The lowest BCUT2D eigenvalue weighted by Crippen LogP contribution is -2.35. The predicted octanol–water partition coefficient (Wildman–Crippen LogP) is 4.96. The maximum atomic E-state index is 13.5. The van der Waals surface area contributed by atoms with Crippen LogP contribution in [-0.2, 0) is 18.5 Å². The molecule has 0 saturated carbocycles.